The van der Waals surface area contributed by atoms with E-state index in [2.05, 4.69) is 5.32 Å². The molecule has 1 amide bonds. The Kier molecular flexibility index (Phi) is 10.8. The Labute approximate surface area is 244 Å². The molecule has 1 heterocycles. The summed E-state index contributed by atoms with van der Waals surface area (Å²) in [6.07, 6.45) is 0.902. The molecule has 41 heavy (non-hydrogen) atoms. The number of fused-ring (bicyclic) bond motifs is 1. The van der Waals surface area contributed by atoms with Crippen molar-refractivity contribution in [1.82, 2.24) is 14.5 Å². The molecule has 9 nitrogen and oxygen atoms in total. The van der Waals surface area contributed by atoms with Crippen LogP contribution in [0.3, 0.4) is 0 Å². The number of hydrogen-bond donors (Lipinski definition) is 2. The monoisotopic (exact) mass is 587 g/mol. The maximum atomic E-state index is 13.7. The zero-order valence-corrected chi connectivity index (χ0v) is 25.4. The molecule has 2 aliphatic rings. The maximum Gasteiger partial charge on any atom is 0.407 e. The van der Waals surface area contributed by atoms with Crippen LogP contribution in [0, 0.1) is 11.8 Å². The maximum absolute atomic E-state index is 13.7. The number of carbonyl (C=O) groups excluding carboxylic acids is 1. The Morgan fingerprint density at radius 3 is 2.39 bits per heavy atom. The Morgan fingerprint density at radius 2 is 1.76 bits per heavy atom. The van der Waals surface area contributed by atoms with Gasteiger partial charge in [0, 0.05) is 32.7 Å². The van der Waals surface area contributed by atoms with Gasteiger partial charge in [-0.3, -0.25) is 0 Å². The fraction of sp³-hybridized carbons (Fsp3) is 0.581. The average molecular weight is 588 g/mol. The van der Waals surface area contributed by atoms with Crippen molar-refractivity contribution >= 4 is 16.1 Å². The molecular formula is C31H45N3O6S. The van der Waals surface area contributed by atoms with Crippen molar-refractivity contribution in [2.45, 2.75) is 75.3 Å². The van der Waals surface area contributed by atoms with Gasteiger partial charge >= 0.3 is 6.09 Å². The first-order valence-electron chi connectivity index (χ1n) is 14.6. The van der Waals surface area contributed by atoms with Crippen molar-refractivity contribution < 1.29 is 27.8 Å². The molecule has 2 aromatic carbocycles. The quantitative estimate of drug-likeness (QED) is 0.368. The largest absolute Gasteiger partial charge is 0.446 e. The molecular weight excluding hydrogens is 542 g/mol. The number of rotatable bonds is 13. The lowest BCUT2D eigenvalue weighted by Gasteiger charge is -2.31. The molecule has 0 aromatic heterocycles. The number of ether oxygens (including phenoxy) is 2. The average Bonchev–Trinajstić information content (AvgIpc) is 3.50. The van der Waals surface area contributed by atoms with Gasteiger partial charge in [0.1, 0.15) is 6.10 Å². The second kappa shape index (κ2) is 14.1. The van der Waals surface area contributed by atoms with Crippen LogP contribution in [0.15, 0.2) is 59.5 Å². The van der Waals surface area contributed by atoms with Crippen LogP contribution in [0.2, 0.25) is 0 Å². The number of sulfonamides is 1. The highest BCUT2D eigenvalue weighted by molar-refractivity contribution is 7.89. The normalized spacial score (nSPS) is 22.2. The van der Waals surface area contributed by atoms with Crippen LogP contribution < -0.4 is 5.32 Å². The van der Waals surface area contributed by atoms with Gasteiger partial charge in [0.15, 0.2) is 0 Å². The Balaban J connectivity index is 1.49. The third-order valence-corrected chi connectivity index (χ3v) is 9.61. The van der Waals surface area contributed by atoms with Gasteiger partial charge in [-0.05, 0) is 68.5 Å². The molecule has 2 fully saturated rings. The highest BCUT2D eigenvalue weighted by atomic mass is 32.2. The number of aliphatic hydroxyl groups excluding tert-OH is 1. The van der Waals surface area contributed by atoms with E-state index < -0.39 is 28.3 Å². The van der Waals surface area contributed by atoms with Crippen LogP contribution >= 0.6 is 0 Å². The molecule has 2 aromatic rings. The summed E-state index contributed by atoms with van der Waals surface area (Å²) < 4.78 is 40.3. The predicted molar refractivity (Wildman–Crippen MR) is 158 cm³/mol. The summed E-state index contributed by atoms with van der Waals surface area (Å²) in [5.74, 6) is 0.449. The van der Waals surface area contributed by atoms with Gasteiger partial charge in [0.05, 0.1) is 23.1 Å². The Hall–Kier alpha value is -2.50. The molecule has 2 N–H and O–H groups in total. The lowest BCUT2D eigenvalue weighted by Crippen LogP contribution is -2.51. The summed E-state index contributed by atoms with van der Waals surface area (Å²) in [6, 6.07) is 15.6. The van der Waals surface area contributed by atoms with Gasteiger partial charge in [0.25, 0.3) is 0 Å². The second-order valence-corrected chi connectivity index (χ2v) is 14.0. The Bertz CT molecular complexity index is 1210. The zero-order valence-electron chi connectivity index (χ0n) is 24.6. The van der Waals surface area contributed by atoms with E-state index >= 15 is 0 Å². The van der Waals surface area contributed by atoms with E-state index in [0.717, 1.165) is 30.6 Å². The third-order valence-electron chi connectivity index (χ3n) is 7.77. The molecule has 226 valence electrons. The number of aliphatic hydroxyl groups is 1. The molecule has 0 spiro atoms. The standard InChI is InChI=1S/C31H45N3O6S/c1-22(2)19-34(41(37,38)27-12-10-24(11-13-27)20-33(3)4)21-29(35)28(16-23-8-6-5-7-9-23)32-31(36)40-26-17-25-14-15-39-30(25)18-26/h5-13,22,25-26,28-30,35H,14-21H2,1-4H3,(H,32,36)/t25?,26-,28+,29-,30-/m1/s1. The van der Waals surface area contributed by atoms with E-state index in [1.807, 2.05) is 75.3 Å². The highest BCUT2D eigenvalue weighted by Crippen LogP contribution is 2.37. The van der Waals surface area contributed by atoms with Gasteiger partial charge in [-0.2, -0.15) is 4.31 Å². The fourth-order valence-corrected chi connectivity index (χ4v) is 7.42. The predicted octanol–water partition coefficient (Wildman–Crippen LogP) is 3.66. The van der Waals surface area contributed by atoms with Crippen molar-refractivity contribution in [1.29, 1.82) is 0 Å². The summed E-state index contributed by atoms with van der Waals surface area (Å²) >= 11 is 0. The highest BCUT2D eigenvalue weighted by Gasteiger charge is 2.40. The number of nitrogens with one attached hydrogen (secondary N) is 1. The van der Waals surface area contributed by atoms with E-state index in [1.54, 1.807) is 12.1 Å². The minimum Gasteiger partial charge on any atom is -0.446 e. The van der Waals surface area contributed by atoms with Crippen LogP contribution in [0.5, 0.6) is 0 Å². The molecule has 0 radical (unpaired) electrons. The van der Waals surface area contributed by atoms with Crippen LogP contribution in [0.1, 0.15) is 44.2 Å². The zero-order chi connectivity index (χ0) is 29.6. The summed E-state index contributed by atoms with van der Waals surface area (Å²) in [5, 5.41) is 14.3. The molecule has 10 heteroatoms. The lowest BCUT2D eigenvalue weighted by atomic mass is 10.0. The number of benzene rings is 2. The second-order valence-electron chi connectivity index (χ2n) is 12.1. The molecule has 1 saturated carbocycles. The van der Waals surface area contributed by atoms with Crippen LogP contribution in [0.4, 0.5) is 4.79 Å². The van der Waals surface area contributed by atoms with E-state index in [-0.39, 0.29) is 36.1 Å². The van der Waals surface area contributed by atoms with Gasteiger partial charge < -0.3 is 24.8 Å². The van der Waals surface area contributed by atoms with Crippen LogP contribution in [0.25, 0.3) is 0 Å². The molecule has 4 rings (SSSR count). The van der Waals surface area contributed by atoms with E-state index in [4.69, 9.17) is 9.47 Å². The number of carbonyl (C=O) groups is 1. The molecule has 1 unspecified atom stereocenters. The van der Waals surface area contributed by atoms with Gasteiger partial charge in [-0.1, -0.05) is 56.3 Å². The van der Waals surface area contributed by atoms with Crippen molar-refractivity contribution in [3.05, 3.63) is 65.7 Å². The summed E-state index contributed by atoms with van der Waals surface area (Å²) in [7, 11) is 0.0186. The van der Waals surface area contributed by atoms with Crippen molar-refractivity contribution in [2.75, 3.05) is 33.8 Å². The van der Waals surface area contributed by atoms with Crippen LogP contribution in [-0.2, 0) is 32.5 Å². The molecule has 0 bridgehead atoms. The van der Waals surface area contributed by atoms with Crippen molar-refractivity contribution in [2.24, 2.45) is 11.8 Å². The Morgan fingerprint density at radius 1 is 1.05 bits per heavy atom. The topological polar surface area (TPSA) is 108 Å². The van der Waals surface area contributed by atoms with E-state index in [9.17, 15) is 18.3 Å². The molecule has 1 aliphatic heterocycles. The first-order valence-corrected chi connectivity index (χ1v) is 16.0. The van der Waals surface area contributed by atoms with Crippen LogP contribution in [-0.4, -0.2) is 87.0 Å². The minimum absolute atomic E-state index is 0.0273. The van der Waals surface area contributed by atoms with Gasteiger partial charge in [-0.15, -0.1) is 0 Å². The molecule has 1 aliphatic carbocycles. The number of hydrogen-bond acceptors (Lipinski definition) is 7. The van der Waals surface area contributed by atoms with Gasteiger partial charge in [0.2, 0.25) is 10.0 Å². The molecule has 5 atom stereocenters. The van der Waals surface area contributed by atoms with Gasteiger partial charge in [-0.25, -0.2) is 13.2 Å². The number of amides is 1. The van der Waals surface area contributed by atoms with Crippen molar-refractivity contribution in [3.63, 3.8) is 0 Å². The summed E-state index contributed by atoms with van der Waals surface area (Å²) in [6.45, 7) is 5.40. The smallest absolute Gasteiger partial charge is 0.407 e. The fourth-order valence-electron chi connectivity index (χ4n) is 5.80. The number of alkyl carbamates (subject to hydrolysis) is 1. The number of nitrogens with zero attached hydrogens (tertiary/aromatic N) is 2. The summed E-state index contributed by atoms with van der Waals surface area (Å²) in [5.41, 5.74) is 1.92. The van der Waals surface area contributed by atoms with Crippen molar-refractivity contribution in [3.8, 4) is 0 Å². The SMILES string of the molecule is CC(C)CN(C[C@@H](O)[C@H](Cc1ccccc1)NC(=O)O[C@@H]1CC2CCO[C@@H]2C1)S(=O)(=O)c1ccc(CN(C)C)cc1. The van der Waals surface area contributed by atoms with E-state index in [0.29, 0.717) is 25.3 Å². The molecule has 1 saturated heterocycles. The van der Waals surface area contributed by atoms with E-state index in [1.165, 1.54) is 4.31 Å². The third kappa shape index (κ3) is 8.75. The summed E-state index contributed by atoms with van der Waals surface area (Å²) in [4.78, 5) is 15.2. The minimum atomic E-state index is -3.90. The first kappa shape index (κ1) is 31.4. The first-order chi connectivity index (χ1) is 19.5. The lowest BCUT2D eigenvalue weighted by molar-refractivity contribution is 0.0554.